The fourth-order valence-electron chi connectivity index (χ4n) is 2.58. The first kappa shape index (κ1) is 15.0. The molecule has 4 nitrogen and oxygen atoms in total. The van der Waals surface area contributed by atoms with Gasteiger partial charge in [-0.3, -0.25) is 0 Å². The maximum atomic E-state index is 9.09. The highest BCUT2D eigenvalue weighted by Crippen LogP contribution is 2.37. The van der Waals surface area contributed by atoms with Gasteiger partial charge in [0, 0.05) is 19.2 Å². The minimum Gasteiger partial charge on any atom is -0.489 e. The van der Waals surface area contributed by atoms with Crippen molar-refractivity contribution in [2.75, 3.05) is 23.8 Å². The van der Waals surface area contributed by atoms with Crippen molar-refractivity contribution in [3.05, 3.63) is 18.2 Å². The molecule has 0 radical (unpaired) electrons. The lowest BCUT2D eigenvalue weighted by Crippen LogP contribution is -2.41. The Hall–Kier alpha value is -1.42. The quantitative estimate of drug-likeness (QED) is 0.753. The average Bonchev–Trinajstić information content (AvgIpc) is 2.34. The molecule has 4 heteroatoms. The van der Waals surface area contributed by atoms with E-state index in [2.05, 4.69) is 11.0 Å². The van der Waals surface area contributed by atoms with Gasteiger partial charge < -0.3 is 20.5 Å². The molecule has 0 unspecified atom stereocenters. The zero-order chi connectivity index (χ0) is 14.5. The van der Waals surface area contributed by atoms with Gasteiger partial charge in [0.15, 0.2) is 0 Å². The molecule has 0 aliphatic heterocycles. The fraction of sp³-hybridized carbons (Fsp3) is 0.625. The van der Waals surface area contributed by atoms with Crippen LogP contribution < -0.4 is 15.4 Å². The van der Waals surface area contributed by atoms with Gasteiger partial charge in [-0.15, -0.1) is 0 Å². The number of para-hydroxylation sites is 1. The van der Waals surface area contributed by atoms with Crippen molar-refractivity contribution in [3.8, 4) is 5.75 Å². The highest BCUT2D eigenvalue weighted by molar-refractivity contribution is 5.74. The van der Waals surface area contributed by atoms with E-state index in [1.54, 1.807) is 0 Å². The second-order valence-corrected chi connectivity index (χ2v) is 5.71. The minimum absolute atomic E-state index is 0.113. The molecule has 0 aromatic heterocycles. The summed E-state index contributed by atoms with van der Waals surface area (Å²) in [6, 6.07) is 6.52. The number of hydrogen-bond donors (Lipinski definition) is 2. The number of aliphatic hydroxyl groups is 1. The molecule has 0 saturated heterocycles. The van der Waals surface area contributed by atoms with Crippen LogP contribution in [0.3, 0.4) is 0 Å². The highest BCUT2D eigenvalue weighted by Gasteiger charge is 2.26. The molecular formula is C16H26N2O2. The number of benzene rings is 1. The first-order valence-electron chi connectivity index (χ1n) is 7.56. The third-order valence-corrected chi connectivity index (χ3v) is 3.79. The molecule has 0 heterocycles. The SMILES string of the molecule is CC(C)Oc1cccc(N(CCCO)C2CCC2)c1N. The zero-order valence-electron chi connectivity index (χ0n) is 12.5. The van der Waals surface area contributed by atoms with Gasteiger partial charge in [0.1, 0.15) is 5.75 Å². The standard InChI is InChI=1S/C16H26N2O2/c1-12(2)20-15-9-4-8-14(16(15)17)18(10-5-11-19)13-6-3-7-13/h4,8-9,12-13,19H,3,5-7,10-11,17H2,1-2H3. The number of nitrogens with two attached hydrogens (primary N) is 1. The Labute approximate surface area is 121 Å². The predicted molar refractivity (Wildman–Crippen MR) is 83.3 cm³/mol. The Bertz CT molecular complexity index is 430. The van der Waals surface area contributed by atoms with Gasteiger partial charge in [0.2, 0.25) is 0 Å². The Morgan fingerprint density at radius 3 is 2.70 bits per heavy atom. The van der Waals surface area contributed by atoms with Gasteiger partial charge in [0.05, 0.1) is 17.5 Å². The van der Waals surface area contributed by atoms with Gasteiger partial charge >= 0.3 is 0 Å². The predicted octanol–water partition coefficient (Wildman–Crippen LogP) is 2.80. The molecule has 0 amide bonds. The van der Waals surface area contributed by atoms with Crippen molar-refractivity contribution in [3.63, 3.8) is 0 Å². The monoisotopic (exact) mass is 278 g/mol. The summed E-state index contributed by atoms with van der Waals surface area (Å²) >= 11 is 0. The first-order chi connectivity index (χ1) is 9.63. The topological polar surface area (TPSA) is 58.7 Å². The summed E-state index contributed by atoms with van der Waals surface area (Å²) in [5.74, 6) is 0.755. The number of hydrogen-bond acceptors (Lipinski definition) is 4. The van der Waals surface area contributed by atoms with Crippen LogP contribution >= 0.6 is 0 Å². The van der Waals surface area contributed by atoms with E-state index < -0.39 is 0 Å². The second kappa shape index (κ2) is 6.84. The summed E-state index contributed by atoms with van der Waals surface area (Å²) in [5, 5.41) is 9.09. The Balaban J connectivity index is 2.22. The third kappa shape index (κ3) is 3.37. The van der Waals surface area contributed by atoms with Crippen LogP contribution in [0.25, 0.3) is 0 Å². The van der Waals surface area contributed by atoms with Crippen molar-refractivity contribution in [1.82, 2.24) is 0 Å². The van der Waals surface area contributed by atoms with Crippen LogP contribution in [0, 0.1) is 0 Å². The minimum atomic E-state index is 0.113. The van der Waals surface area contributed by atoms with Crippen molar-refractivity contribution < 1.29 is 9.84 Å². The largest absolute Gasteiger partial charge is 0.489 e. The van der Waals surface area contributed by atoms with Crippen LogP contribution in [0.1, 0.15) is 39.5 Å². The molecule has 20 heavy (non-hydrogen) atoms. The molecule has 1 aromatic carbocycles. The Morgan fingerprint density at radius 1 is 1.40 bits per heavy atom. The molecule has 0 spiro atoms. The molecule has 1 saturated carbocycles. The number of nitrogen functional groups attached to an aromatic ring is 1. The maximum absolute atomic E-state index is 9.09. The van der Waals surface area contributed by atoms with Crippen molar-refractivity contribution >= 4 is 11.4 Å². The Morgan fingerprint density at radius 2 is 2.15 bits per heavy atom. The number of anilines is 2. The third-order valence-electron chi connectivity index (χ3n) is 3.79. The molecule has 1 fully saturated rings. The lowest BCUT2D eigenvalue weighted by molar-refractivity contribution is 0.244. The lowest BCUT2D eigenvalue weighted by Gasteiger charge is -2.40. The second-order valence-electron chi connectivity index (χ2n) is 5.71. The molecule has 112 valence electrons. The Kier molecular flexibility index (Phi) is 5.12. The molecular weight excluding hydrogens is 252 g/mol. The smallest absolute Gasteiger partial charge is 0.144 e. The number of aliphatic hydroxyl groups excluding tert-OH is 1. The number of ether oxygens (including phenoxy) is 1. The van der Waals surface area contributed by atoms with Crippen LogP contribution in [0.2, 0.25) is 0 Å². The average molecular weight is 278 g/mol. The van der Waals surface area contributed by atoms with Crippen molar-refractivity contribution in [1.29, 1.82) is 0 Å². The van der Waals surface area contributed by atoms with Crippen LogP contribution in [0.5, 0.6) is 5.75 Å². The highest BCUT2D eigenvalue weighted by atomic mass is 16.5. The summed E-state index contributed by atoms with van der Waals surface area (Å²) in [5.41, 5.74) is 8.05. The molecule has 3 N–H and O–H groups in total. The summed E-state index contributed by atoms with van der Waals surface area (Å²) in [4.78, 5) is 2.34. The van der Waals surface area contributed by atoms with Gasteiger partial charge in [0.25, 0.3) is 0 Å². The summed E-state index contributed by atoms with van der Waals surface area (Å²) in [7, 11) is 0. The number of nitrogens with zero attached hydrogens (tertiary/aromatic N) is 1. The normalized spacial score (nSPS) is 15.2. The lowest BCUT2D eigenvalue weighted by atomic mass is 9.90. The molecule has 1 aliphatic rings. The van der Waals surface area contributed by atoms with E-state index in [4.69, 9.17) is 15.6 Å². The van der Waals surface area contributed by atoms with Crippen molar-refractivity contribution in [2.24, 2.45) is 0 Å². The van der Waals surface area contributed by atoms with Crippen molar-refractivity contribution in [2.45, 2.75) is 51.7 Å². The molecule has 2 rings (SSSR count). The van der Waals surface area contributed by atoms with Gasteiger partial charge in [-0.2, -0.15) is 0 Å². The van der Waals surface area contributed by atoms with E-state index in [1.807, 2.05) is 26.0 Å². The van der Waals surface area contributed by atoms with E-state index in [9.17, 15) is 0 Å². The first-order valence-corrected chi connectivity index (χ1v) is 7.56. The van der Waals surface area contributed by atoms with Gasteiger partial charge in [-0.05, 0) is 51.7 Å². The van der Waals surface area contributed by atoms with Crippen LogP contribution in [-0.4, -0.2) is 30.4 Å². The summed E-state index contributed by atoms with van der Waals surface area (Å²) < 4.78 is 5.77. The fourth-order valence-corrected chi connectivity index (χ4v) is 2.58. The van der Waals surface area contributed by atoms with E-state index >= 15 is 0 Å². The summed E-state index contributed by atoms with van der Waals surface area (Å²) in [6.45, 7) is 5.06. The maximum Gasteiger partial charge on any atom is 0.144 e. The zero-order valence-corrected chi connectivity index (χ0v) is 12.5. The van der Waals surface area contributed by atoms with Crippen LogP contribution in [0.4, 0.5) is 11.4 Å². The van der Waals surface area contributed by atoms with E-state index in [-0.39, 0.29) is 12.7 Å². The van der Waals surface area contributed by atoms with Crippen LogP contribution in [0.15, 0.2) is 18.2 Å². The molecule has 0 atom stereocenters. The van der Waals surface area contributed by atoms with E-state index in [0.717, 1.165) is 24.4 Å². The molecule has 1 aliphatic carbocycles. The summed E-state index contributed by atoms with van der Waals surface area (Å²) in [6.07, 6.45) is 4.58. The van der Waals surface area contributed by atoms with E-state index in [1.165, 1.54) is 19.3 Å². The van der Waals surface area contributed by atoms with Gasteiger partial charge in [-0.1, -0.05) is 6.07 Å². The number of rotatable bonds is 7. The molecule has 0 bridgehead atoms. The van der Waals surface area contributed by atoms with Gasteiger partial charge in [-0.25, -0.2) is 0 Å². The van der Waals surface area contributed by atoms with Crippen LogP contribution in [-0.2, 0) is 0 Å². The van der Waals surface area contributed by atoms with E-state index in [0.29, 0.717) is 11.7 Å². The molecule has 1 aromatic rings.